The first kappa shape index (κ1) is 15.3. The lowest BCUT2D eigenvalue weighted by Gasteiger charge is -2.18. The maximum Gasteiger partial charge on any atom is 0.0640 e. The highest BCUT2D eigenvalue weighted by atomic mass is 79.9. The maximum atomic E-state index is 4.49. The molecule has 0 saturated heterocycles. The fourth-order valence-corrected chi connectivity index (χ4v) is 2.77. The Morgan fingerprint density at radius 3 is 2.70 bits per heavy atom. The van der Waals surface area contributed by atoms with Gasteiger partial charge in [0.25, 0.3) is 0 Å². The molecule has 0 aliphatic rings. The van der Waals surface area contributed by atoms with Gasteiger partial charge in [-0.1, -0.05) is 41.1 Å². The number of nitrogens with zero attached hydrogens (tertiary/aromatic N) is 2. The molecule has 1 aromatic carbocycles. The van der Waals surface area contributed by atoms with Crippen LogP contribution in [0.25, 0.3) is 0 Å². The van der Waals surface area contributed by atoms with Crippen LogP contribution in [0.5, 0.6) is 0 Å². The first-order valence-corrected chi connectivity index (χ1v) is 7.93. The highest BCUT2D eigenvalue weighted by Gasteiger charge is 2.13. The Kier molecular flexibility index (Phi) is 5.80. The molecule has 2 aromatic rings. The Balaban J connectivity index is 2.05. The van der Waals surface area contributed by atoms with Gasteiger partial charge in [0.2, 0.25) is 0 Å². The van der Waals surface area contributed by atoms with Crippen LogP contribution in [0, 0.1) is 0 Å². The van der Waals surface area contributed by atoms with E-state index in [9.17, 15) is 0 Å². The lowest BCUT2D eigenvalue weighted by molar-refractivity contribution is 0.497. The van der Waals surface area contributed by atoms with Crippen LogP contribution >= 0.6 is 15.9 Å². The summed E-state index contributed by atoms with van der Waals surface area (Å²) < 4.78 is 3.05. The summed E-state index contributed by atoms with van der Waals surface area (Å²) in [5, 5.41) is 8.12. The second-order valence-corrected chi connectivity index (χ2v) is 5.99. The first-order valence-electron chi connectivity index (χ1n) is 7.14. The van der Waals surface area contributed by atoms with Crippen LogP contribution in [0.1, 0.15) is 24.6 Å². The highest BCUT2D eigenvalue weighted by Crippen LogP contribution is 2.18. The van der Waals surface area contributed by atoms with E-state index in [1.165, 1.54) is 10.0 Å². The molecule has 0 bridgehead atoms. The van der Waals surface area contributed by atoms with Gasteiger partial charge in [0, 0.05) is 30.2 Å². The van der Waals surface area contributed by atoms with Gasteiger partial charge in [-0.2, -0.15) is 5.10 Å². The molecular formula is C16H22BrN3. The summed E-state index contributed by atoms with van der Waals surface area (Å²) in [6, 6.07) is 11.0. The zero-order valence-corrected chi connectivity index (χ0v) is 13.7. The second-order valence-electron chi connectivity index (χ2n) is 5.13. The van der Waals surface area contributed by atoms with Gasteiger partial charge in [0.05, 0.1) is 5.69 Å². The van der Waals surface area contributed by atoms with Crippen molar-refractivity contribution in [2.24, 2.45) is 7.05 Å². The third-order valence-corrected chi connectivity index (χ3v) is 4.11. The number of benzene rings is 1. The van der Waals surface area contributed by atoms with Crippen molar-refractivity contribution in [1.82, 2.24) is 15.1 Å². The smallest absolute Gasteiger partial charge is 0.0640 e. The Morgan fingerprint density at radius 2 is 2.05 bits per heavy atom. The highest BCUT2D eigenvalue weighted by molar-refractivity contribution is 9.10. The molecule has 1 N–H and O–H groups in total. The van der Waals surface area contributed by atoms with E-state index in [1.807, 2.05) is 17.9 Å². The van der Waals surface area contributed by atoms with Crippen molar-refractivity contribution < 1.29 is 0 Å². The van der Waals surface area contributed by atoms with Gasteiger partial charge in [0.15, 0.2) is 0 Å². The summed E-state index contributed by atoms with van der Waals surface area (Å²) >= 11 is 3.63. The van der Waals surface area contributed by atoms with Gasteiger partial charge in [-0.05, 0) is 37.1 Å². The summed E-state index contributed by atoms with van der Waals surface area (Å²) in [5.74, 6) is 0. The number of halogens is 1. The molecule has 2 rings (SSSR count). The van der Waals surface area contributed by atoms with Crippen molar-refractivity contribution >= 4 is 15.9 Å². The van der Waals surface area contributed by atoms with Crippen LogP contribution in [0.4, 0.5) is 0 Å². The predicted molar refractivity (Wildman–Crippen MR) is 86.8 cm³/mol. The minimum Gasteiger partial charge on any atom is -0.313 e. The fraction of sp³-hybridized carbons (Fsp3) is 0.438. The SMILES string of the molecule is CCCNC(Cc1ccn(C)n1)Cc1ccccc1Br. The zero-order valence-electron chi connectivity index (χ0n) is 12.1. The number of nitrogens with one attached hydrogen (secondary N) is 1. The van der Waals surface area contributed by atoms with E-state index >= 15 is 0 Å². The van der Waals surface area contributed by atoms with E-state index in [-0.39, 0.29) is 0 Å². The Bertz CT molecular complexity index is 536. The quantitative estimate of drug-likeness (QED) is 0.840. The van der Waals surface area contributed by atoms with Gasteiger partial charge in [-0.25, -0.2) is 0 Å². The molecule has 0 saturated carbocycles. The van der Waals surface area contributed by atoms with Gasteiger partial charge in [-0.15, -0.1) is 0 Å². The Labute approximate surface area is 129 Å². The van der Waals surface area contributed by atoms with E-state index in [1.54, 1.807) is 0 Å². The summed E-state index contributed by atoms with van der Waals surface area (Å²) in [5.41, 5.74) is 2.49. The van der Waals surface area contributed by atoms with Crippen molar-refractivity contribution in [2.75, 3.05) is 6.54 Å². The van der Waals surface area contributed by atoms with Crippen molar-refractivity contribution in [3.63, 3.8) is 0 Å². The molecule has 3 nitrogen and oxygen atoms in total. The largest absolute Gasteiger partial charge is 0.313 e. The number of hydrogen-bond donors (Lipinski definition) is 1. The molecule has 1 heterocycles. The van der Waals surface area contributed by atoms with E-state index in [4.69, 9.17) is 0 Å². The molecule has 1 atom stereocenters. The molecule has 0 aliphatic heterocycles. The van der Waals surface area contributed by atoms with Crippen LogP contribution in [0.15, 0.2) is 41.0 Å². The molecule has 0 amide bonds. The van der Waals surface area contributed by atoms with Crippen LogP contribution in [-0.2, 0) is 19.9 Å². The van der Waals surface area contributed by atoms with Gasteiger partial charge < -0.3 is 5.32 Å². The normalized spacial score (nSPS) is 12.6. The molecule has 108 valence electrons. The van der Waals surface area contributed by atoms with Crippen LogP contribution in [0.3, 0.4) is 0 Å². The lowest BCUT2D eigenvalue weighted by atomic mass is 10.0. The van der Waals surface area contributed by atoms with Gasteiger partial charge >= 0.3 is 0 Å². The number of aromatic nitrogens is 2. The van der Waals surface area contributed by atoms with Crippen molar-refractivity contribution in [3.05, 3.63) is 52.3 Å². The first-order chi connectivity index (χ1) is 9.69. The summed E-state index contributed by atoms with van der Waals surface area (Å²) in [6.07, 6.45) is 5.12. The Morgan fingerprint density at radius 1 is 1.25 bits per heavy atom. The van der Waals surface area contributed by atoms with Gasteiger partial charge in [0.1, 0.15) is 0 Å². The third kappa shape index (κ3) is 4.46. The van der Waals surface area contributed by atoms with E-state index < -0.39 is 0 Å². The topological polar surface area (TPSA) is 29.9 Å². The minimum atomic E-state index is 0.420. The fourth-order valence-electron chi connectivity index (χ4n) is 2.32. The molecule has 0 spiro atoms. The second kappa shape index (κ2) is 7.60. The number of aryl methyl sites for hydroxylation is 1. The minimum absolute atomic E-state index is 0.420. The molecular weight excluding hydrogens is 314 g/mol. The van der Waals surface area contributed by atoms with Gasteiger partial charge in [-0.3, -0.25) is 4.68 Å². The lowest BCUT2D eigenvalue weighted by Crippen LogP contribution is -2.34. The Hall–Kier alpha value is -1.13. The molecule has 0 aliphatic carbocycles. The zero-order chi connectivity index (χ0) is 14.4. The van der Waals surface area contributed by atoms with E-state index in [2.05, 4.69) is 63.6 Å². The molecule has 1 unspecified atom stereocenters. The monoisotopic (exact) mass is 335 g/mol. The van der Waals surface area contributed by atoms with Crippen molar-refractivity contribution in [2.45, 2.75) is 32.2 Å². The summed E-state index contributed by atoms with van der Waals surface area (Å²) in [6.45, 7) is 3.24. The number of hydrogen-bond acceptors (Lipinski definition) is 2. The maximum absolute atomic E-state index is 4.49. The van der Waals surface area contributed by atoms with Crippen molar-refractivity contribution in [3.8, 4) is 0 Å². The average Bonchev–Trinajstić information content (AvgIpc) is 2.84. The average molecular weight is 336 g/mol. The van der Waals surface area contributed by atoms with E-state index in [0.717, 1.165) is 31.5 Å². The summed E-state index contributed by atoms with van der Waals surface area (Å²) in [4.78, 5) is 0. The summed E-state index contributed by atoms with van der Waals surface area (Å²) in [7, 11) is 1.96. The number of rotatable bonds is 7. The predicted octanol–water partition coefficient (Wildman–Crippen LogP) is 3.34. The standard InChI is InChI=1S/C16H22BrN3/c1-3-9-18-15(12-14-8-10-20(2)19-14)11-13-6-4-5-7-16(13)17/h4-8,10,15,18H,3,9,11-12H2,1-2H3. The molecule has 0 fully saturated rings. The van der Waals surface area contributed by atoms with Crippen molar-refractivity contribution in [1.29, 1.82) is 0 Å². The molecule has 4 heteroatoms. The molecule has 20 heavy (non-hydrogen) atoms. The van der Waals surface area contributed by atoms with Crippen LogP contribution < -0.4 is 5.32 Å². The van der Waals surface area contributed by atoms with Crippen LogP contribution in [-0.4, -0.2) is 22.4 Å². The van der Waals surface area contributed by atoms with E-state index in [0.29, 0.717) is 6.04 Å². The molecule has 0 radical (unpaired) electrons. The van der Waals surface area contributed by atoms with Crippen LogP contribution in [0.2, 0.25) is 0 Å². The molecule has 1 aromatic heterocycles. The third-order valence-electron chi connectivity index (χ3n) is 3.33.